The monoisotopic (exact) mass is 261 g/mol. The van der Waals surface area contributed by atoms with Crippen molar-refractivity contribution in [1.29, 1.82) is 0 Å². The molecule has 1 aromatic carbocycles. The Hall–Kier alpha value is -0.730. The van der Waals surface area contributed by atoms with E-state index in [9.17, 15) is 0 Å². The number of thioether (sulfide) groups is 1. The second-order valence-corrected chi connectivity index (χ2v) is 6.20. The second-order valence-electron chi connectivity index (χ2n) is 5.06. The molecule has 0 radical (unpaired) electrons. The summed E-state index contributed by atoms with van der Waals surface area (Å²) in [5, 5.41) is 4.54. The van der Waals surface area contributed by atoms with E-state index in [0.29, 0.717) is 6.04 Å². The molecule has 98 valence electrons. The topological polar surface area (TPSA) is 12.0 Å². The van der Waals surface area contributed by atoms with E-state index in [2.05, 4.69) is 42.4 Å². The molecule has 1 N–H and O–H groups in total. The van der Waals surface area contributed by atoms with Crippen LogP contribution in [0.2, 0.25) is 0 Å². The Bertz CT molecular complexity index is 366. The lowest BCUT2D eigenvalue weighted by atomic mass is 9.94. The fourth-order valence-corrected chi connectivity index (χ4v) is 3.29. The highest BCUT2D eigenvalue weighted by Gasteiger charge is 2.19. The zero-order valence-electron chi connectivity index (χ0n) is 11.2. The van der Waals surface area contributed by atoms with Crippen molar-refractivity contribution >= 4 is 17.3 Å². The minimum atomic E-state index is 0.689. The van der Waals surface area contributed by atoms with Gasteiger partial charge in [0.05, 0.1) is 0 Å². The summed E-state index contributed by atoms with van der Waals surface area (Å²) in [6, 6.07) is 11.2. The van der Waals surface area contributed by atoms with Gasteiger partial charge in [0.2, 0.25) is 0 Å². The third-order valence-corrected chi connectivity index (χ3v) is 4.93. The van der Waals surface area contributed by atoms with E-state index in [-0.39, 0.29) is 0 Å². The molecular formula is C16H23NS. The molecule has 0 atom stereocenters. The van der Waals surface area contributed by atoms with Gasteiger partial charge in [0, 0.05) is 17.8 Å². The van der Waals surface area contributed by atoms with Gasteiger partial charge in [0.1, 0.15) is 0 Å². The van der Waals surface area contributed by atoms with E-state index < -0.39 is 0 Å². The summed E-state index contributed by atoms with van der Waals surface area (Å²) >= 11 is 2.02. The van der Waals surface area contributed by atoms with Crippen molar-refractivity contribution in [3.8, 4) is 0 Å². The van der Waals surface area contributed by atoms with Crippen LogP contribution in [-0.2, 0) is 0 Å². The molecule has 0 amide bonds. The summed E-state index contributed by atoms with van der Waals surface area (Å²) in [5.74, 6) is 0. The summed E-state index contributed by atoms with van der Waals surface area (Å²) in [7, 11) is 0. The summed E-state index contributed by atoms with van der Waals surface area (Å²) in [6.45, 7) is 5.09. The minimum absolute atomic E-state index is 0.689. The highest BCUT2D eigenvalue weighted by Crippen LogP contribution is 2.27. The number of benzene rings is 1. The lowest BCUT2D eigenvalue weighted by Crippen LogP contribution is -2.34. The van der Waals surface area contributed by atoms with Crippen molar-refractivity contribution < 1.29 is 0 Å². The van der Waals surface area contributed by atoms with Gasteiger partial charge in [-0.1, -0.05) is 36.9 Å². The molecule has 1 aliphatic rings. The van der Waals surface area contributed by atoms with Crippen LogP contribution in [0, 0.1) is 0 Å². The Labute approximate surface area is 115 Å². The molecule has 1 aromatic rings. The van der Waals surface area contributed by atoms with E-state index in [1.54, 1.807) is 0 Å². The first-order chi connectivity index (χ1) is 8.79. The smallest absolute Gasteiger partial charge is 0.0208 e. The average Bonchev–Trinajstić information content (AvgIpc) is 2.46. The molecule has 0 spiro atoms. The van der Waals surface area contributed by atoms with Gasteiger partial charge in [0.15, 0.2) is 0 Å². The van der Waals surface area contributed by atoms with Crippen LogP contribution in [0.5, 0.6) is 0 Å². The average molecular weight is 261 g/mol. The van der Waals surface area contributed by atoms with Crippen LogP contribution < -0.4 is 5.32 Å². The molecule has 0 saturated heterocycles. The lowest BCUT2D eigenvalue weighted by Gasteiger charge is -2.28. The second kappa shape index (κ2) is 7.01. The van der Waals surface area contributed by atoms with Gasteiger partial charge >= 0.3 is 0 Å². The predicted molar refractivity (Wildman–Crippen MR) is 83.0 cm³/mol. The lowest BCUT2D eigenvalue weighted by molar-refractivity contribution is 0.393. The third-order valence-electron chi connectivity index (χ3n) is 3.79. The summed E-state index contributed by atoms with van der Waals surface area (Å²) in [6.07, 6.45) is 7.57. The molecule has 18 heavy (non-hydrogen) atoms. The number of hydrogen-bond donors (Lipinski definition) is 1. The Kier molecular flexibility index (Phi) is 5.33. The van der Waals surface area contributed by atoms with Crippen LogP contribution in [0.3, 0.4) is 0 Å². The van der Waals surface area contributed by atoms with E-state index in [4.69, 9.17) is 0 Å². The maximum absolute atomic E-state index is 4.17. The molecule has 1 nitrogen and oxygen atoms in total. The zero-order valence-corrected chi connectivity index (χ0v) is 12.0. The van der Waals surface area contributed by atoms with Crippen molar-refractivity contribution in [3.63, 3.8) is 0 Å². The van der Waals surface area contributed by atoms with Crippen molar-refractivity contribution in [2.75, 3.05) is 12.8 Å². The number of rotatable bonds is 5. The van der Waals surface area contributed by atoms with E-state index in [0.717, 1.165) is 11.8 Å². The Balaban J connectivity index is 1.74. The van der Waals surface area contributed by atoms with E-state index in [1.807, 2.05) is 17.8 Å². The summed E-state index contributed by atoms with van der Waals surface area (Å²) < 4.78 is 0. The molecule has 0 aromatic heterocycles. The third kappa shape index (κ3) is 3.89. The fraction of sp³-hybridized carbons (Fsp3) is 0.500. The largest absolute Gasteiger partial charge is 0.310 e. The standard InChI is InChI=1S/C16H23NS/c1-13(14-6-4-3-5-7-14)12-17-15-8-10-16(18-2)11-9-15/h3-7,15-17H,1,8-12H2,2H3. The van der Waals surface area contributed by atoms with Crippen molar-refractivity contribution in [1.82, 2.24) is 5.32 Å². The van der Waals surface area contributed by atoms with Crippen LogP contribution in [0.25, 0.3) is 5.57 Å². The van der Waals surface area contributed by atoms with E-state index >= 15 is 0 Å². The Morgan fingerprint density at radius 1 is 1.22 bits per heavy atom. The van der Waals surface area contributed by atoms with Gasteiger partial charge in [-0.2, -0.15) is 11.8 Å². The van der Waals surface area contributed by atoms with Gasteiger partial charge in [-0.15, -0.1) is 0 Å². The number of hydrogen-bond acceptors (Lipinski definition) is 2. The van der Waals surface area contributed by atoms with Gasteiger partial charge in [-0.05, 0) is 43.1 Å². The molecular weight excluding hydrogens is 238 g/mol. The molecule has 0 heterocycles. The first-order valence-electron chi connectivity index (χ1n) is 6.79. The molecule has 1 aliphatic carbocycles. The maximum atomic E-state index is 4.17. The van der Waals surface area contributed by atoms with Crippen LogP contribution in [-0.4, -0.2) is 24.1 Å². The number of nitrogens with one attached hydrogen (secondary N) is 1. The highest BCUT2D eigenvalue weighted by molar-refractivity contribution is 7.99. The first-order valence-corrected chi connectivity index (χ1v) is 8.07. The van der Waals surface area contributed by atoms with Crippen LogP contribution in [0.1, 0.15) is 31.2 Å². The molecule has 1 fully saturated rings. The summed E-state index contributed by atoms with van der Waals surface area (Å²) in [4.78, 5) is 0. The van der Waals surface area contributed by atoms with Crippen LogP contribution in [0.4, 0.5) is 0 Å². The SMILES string of the molecule is C=C(CNC1CCC(SC)CC1)c1ccccc1. The van der Waals surface area contributed by atoms with Gasteiger partial charge in [-0.25, -0.2) is 0 Å². The van der Waals surface area contributed by atoms with E-state index in [1.165, 1.54) is 36.8 Å². The first kappa shape index (κ1) is 13.7. The quantitative estimate of drug-likeness (QED) is 0.861. The maximum Gasteiger partial charge on any atom is 0.0208 e. The van der Waals surface area contributed by atoms with Gasteiger partial charge in [-0.3, -0.25) is 0 Å². The molecule has 0 aliphatic heterocycles. The van der Waals surface area contributed by atoms with Crippen molar-refractivity contribution in [2.45, 2.75) is 37.0 Å². The van der Waals surface area contributed by atoms with Crippen LogP contribution in [0.15, 0.2) is 36.9 Å². The fourth-order valence-electron chi connectivity index (χ4n) is 2.55. The zero-order chi connectivity index (χ0) is 12.8. The van der Waals surface area contributed by atoms with Crippen molar-refractivity contribution in [2.24, 2.45) is 0 Å². The Morgan fingerprint density at radius 2 is 1.89 bits per heavy atom. The van der Waals surface area contributed by atoms with Crippen molar-refractivity contribution in [3.05, 3.63) is 42.5 Å². The van der Waals surface area contributed by atoms with Gasteiger partial charge < -0.3 is 5.32 Å². The summed E-state index contributed by atoms with van der Waals surface area (Å²) in [5.41, 5.74) is 2.45. The van der Waals surface area contributed by atoms with Gasteiger partial charge in [0.25, 0.3) is 0 Å². The van der Waals surface area contributed by atoms with Crippen LogP contribution >= 0.6 is 11.8 Å². The molecule has 0 unspecified atom stereocenters. The molecule has 0 bridgehead atoms. The molecule has 1 saturated carbocycles. The normalized spacial score (nSPS) is 23.8. The molecule has 2 heteroatoms. The minimum Gasteiger partial charge on any atom is -0.310 e. The highest BCUT2D eigenvalue weighted by atomic mass is 32.2. The predicted octanol–water partition coefficient (Wildman–Crippen LogP) is 3.96. The Morgan fingerprint density at radius 3 is 2.50 bits per heavy atom. The molecule has 2 rings (SSSR count).